The van der Waals surface area contributed by atoms with E-state index in [0.717, 1.165) is 12.0 Å². The lowest BCUT2D eigenvalue weighted by atomic mass is 10.1. The van der Waals surface area contributed by atoms with Gasteiger partial charge in [0.2, 0.25) is 0 Å². The van der Waals surface area contributed by atoms with Gasteiger partial charge in [-0.2, -0.15) is 0 Å². The maximum Gasteiger partial charge on any atom is 0.0207 e. The molecule has 1 saturated heterocycles. The largest absolute Gasteiger partial charge is 0.313 e. The number of hydrogen-bond donors (Lipinski definition) is 1. The highest BCUT2D eigenvalue weighted by Gasteiger charge is 2.23. The van der Waals surface area contributed by atoms with E-state index in [1.807, 2.05) is 0 Å². The molecule has 2 nitrogen and oxygen atoms in total. The molecule has 0 spiro atoms. The summed E-state index contributed by atoms with van der Waals surface area (Å²) in [5, 5.41) is 3.70. The predicted molar refractivity (Wildman–Crippen MR) is 71.8 cm³/mol. The highest BCUT2D eigenvalue weighted by Crippen LogP contribution is 2.12. The van der Waals surface area contributed by atoms with E-state index in [4.69, 9.17) is 0 Å². The Hall–Kier alpha value is -0.0800. The number of rotatable bonds is 7. The van der Waals surface area contributed by atoms with E-state index in [1.165, 1.54) is 45.3 Å². The third-order valence-corrected chi connectivity index (χ3v) is 3.59. The first-order valence-electron chi connectivity index (χ1n) is 7.07. The Labute approximate surface area is 102 Å². The lowest BCUT2D eigenvalue weighted by Gasteiger charge is -2.20. The van der Waals surface area contributed by atoms with Gasteiger partial charge in [0.25, 0.3) is 0 Å². The van der Waals surface area contributed by atoms with Crippen LogP contribution in [0.2, 0.25) is 0 Å². The van der Waals surface area contributed by atoms with Gasteiger partial charge < -0.3 is 5.32 Å². The molecular formula is C14H30N2. The lowest BCUT2D eigenvalue weighted by molar-refractivity contribution is 0.268. The van der Waals surface area contributed by atoms with Crippen LogP contribution in [-0.2, 0) is 0 Å². The third kappa shape index (κ3) is 5.31. The average molecular weight is 226 g/mol. The lowest BCUT2D eigenvalue weighted by Crippen LogP contribution is -2.35. The Morgan fingerprint density at radius 1 is 1.19 bits per heavy atom. The molecule has 16 heavy (non-hydrogen) atoms. The van der Waals surface area contributed by atoms with Crippen molar-refractivity contribution in [1.29, 1.82) is 0 Å². The molecule has 0 saturated carbocycles. The summed E-state index contributed by atoms with van der Waals surface area (Å²) in [4.78, 5) is 2.58. The minimum Gasteiger partial charge on any atom is -0.313 e. The van der Waals surface area contributed by atoms with Gasteiger partial charge in [0.1, 0.15) is 0 Å². The van der Waals surface area contributed by atoms with Crippen molar-refractivity contribution >= 4 is 0 Å². The molecule has 2 heteroatoms. The van der Waals surface area contributed by atoms with E-state index in [2.05, 4.69) is 37.9 Å². The fourth-order valence-corrected chi connectivity index (χ4v) is 2.41. The molecule has 1 aliphatic heterocycles. The molecule has 0 aromatic heterocycles. The molecular weight excluding hydrogens is 196 g/mol. The van der Waals surface area contributed by atoms with Gasteiger partial charge in [0.05, 0.1) is 0 Å². The Bertz CT molecular complexity index is 178. The topological polar surface area (TPSA) is 15.3 Å². The van der Waals surface area contributed by atoms with Gasteiger partial charge in [0, 0.05) is 18.6 Å². The van der Waals surface area contributed by atoms with Crippen LogP contribution in [0.5, 0.6) is 0 Å². The standard InChI is InChI=1S/C14H30N2/c1-12(2)7-5-6-9-15-14-8-10-16(11-14)13(3)4/h12-15H,5-11H2,1-4H3. The highest BCUT2D eigenvalue weighted by atomic mass is 15.2. The molecule has 0 aromatic carbocycles. The van der Waals surface area contributed by atoms with Crippen LogP contribution in [0, 0.1) is 5.92 Å². The van der Waals surface area contributed by atoms with Gasteiger partial charge in [-0.25, -0.2) is 0 Å². The molecule has 1 unspecified atom stereocenters. The summed E-state index contributed by atoms with van der Waals surface area (Å²) in [5.74, 6) is 0.864. The van der Waals surface area contributed by atoms with Gasteiger partial charge in [-0.15, -0.1) is 0 Å². The van der Waals surface area contributed by atoms with Crippen molar-refractivity contribution < 1.29 is 0 Å². The summed E-state index contributed by atoms with van der Waals surface area (Å²) in [6.07, 6.45) is 5.44. The summed E-state index contributed by atoms with van der Waals surface area (Å²) in [7, 11) is 0. The number of likely N-dealkylation sites (tertiary alicyclic amines) is 1. The molecule has 1 heterocycles. The van der Waals surface area contributed by atoms with Crippen LogP contribution in [0.25, 0.3) is 0 Å². The number of unbranched alkanes of at least 4 members (excludes halogenated alkanes) is 1. The second kappa shape index (κ2) is 7.29. The third-order valence-electron chi connectivity index (χ3n) is 3.59. The summed E-state index contributed by atoms with van der Waals surface area (Å²) >= 11 is 0. The van der Waals surface area contributed by atoms with Crippen LogP contribution in [0.15, 0.2) is 0 Å². The molecule has 0 radical (unpaired) electrons. The van der Waals surface area contributed by atoms with E-state index < -0.39 is 0 Å². The summed E-state index contributed by atoms with van der Waals surface area (Å²) in [6, 6.07) is 1.47. The molecule has 1 atom stereocenters. The molecule has 0 aromatic rings. The first-order valence-corrected chi connectivity index (χ1v) is 7.07. The molecule has 1 N–H and O–H groups in total. The van der Waals surface area contributed by atoms with E-state index in [0.29, 0.717) is 6.04 Å². The Morgan fingerprint density at radius 2 is 1.94 bits per heavy atom. The van der Waals surface area contributed by atoms with Gasteiger partial charge in [-0.3, -0.25) is 4.90 Å². The van der Waals surface area contributed by atoms with Crippen LogP contribution in [-0.4, -0.2) is 36.6 Å². The van der Waals surface area contributed by atoms with E-state index in [1.54, 1.807) is 0 Å². The first-order chi connectivity index (χ1) is 7.59. The molecule has 0 amide bonds. The molecule has 0 bridgehead atoms. The zero-order valence-electron chi connectivity index (χ0n) is 11.6. The van der Waals surface area contributed by atoms with Crippen LogP contribution in [0.1, 0.15) is 53.4 Å². The SMILES string of the molecule is CC(C)CCCCNC1CCN(C(C)C)C1. The fourth-order valence-electron chi connectivity index (χ4n) is 2.41. The van der Waals surface area contributed by atoms with Crippen molar-refractivity contribution in [2.24, 2.45) is 5.92 Å². The van der Waals surface area contributed by atoms with Crippen LogP contribution in [0.4, 0.5) is 0 Å². The highest BCUT2D eigenvalue weighted by molar-refractivity contribution is 4.82. The van der Waals surface area contributed by atoms with Crippen molar-refractivity contribution in [1.82, 2.24) is 10.2 Å². The van der Waals surface area contributed by atoms with Crippen LogP contribution >= 0.6 is 0 Å². The average Bonchev–Trinajstić information content (AvgIpc) is 2.65. The first kappa shape index (κ1) is 14.0. The number of nitrogens with one attached hydrogen (secondary N) is 1. The van der Waals surface area contributed by atoms with Gasteiger partial charge >= 0.3 is 0 Å². The summed E-state index contributed by atoms with van der Waals surface area (Å²) < 4.78 is 0. The monoisotopic (exact) mass is 226 g/mol. The predicted octanol–water partition coefficient (Wildman–Crippen LogP) is 2.89. The van der Waals surface area contributed by atoms with E-state index in [9.17, 15) is 0 Å². The number of hydrogen-bond acceptors (Lipinski definition) is 2. The molecule has 1 aliphatic rings. The van der Waals surface area contributed by atoms with Crippen molar-refractivity contribution in [3.63, 3.8) is 0 Å². The second-order valence-corrected chi connectivity index (χ2v) is 5.92. The van der Waals surface area contributed by atoms with Crippen molar-refractivity contribution in [3.8, 4) is 0 Å². The van der Waals surface area contributed by atoms with E-state index in [-0.39, 0.29) is 0 Å². The van der Waals surface area contributed by atoms with Crippen molar-refractivity contribution in [2.75, 3.05) is 19.6 Å². The van der Waals surface area contributed by atoms with Crippen LogP contribution < -0.4 is 5.32 Å². The zero-order valence-corrected chi connectivity index (χ0v) is 11.6. The van der Waals surface area contributed by atoms with Crippen LogP contribution in [0.3, 0.4) is 0 Å². The molecule has 1 rings (SSSR count). The molecule has 0 aliphatic carbocycles. The van der Waals surface area contributed by atoms with Gasteiger partial charge in [0.15, 0.2) is 0 Å². The van der Waals surface area contributed by atoms with Crippen molar-refractivity contribution in [3.05, 3.63) is 0 Å². The maximum absolute atomic E-state index is 3.70. The van der Waals surface area contributed by atoms with Gasteiger partial charge in [-0.05, 0) is 45.7 Å². The molecule has 96 valence electrons. The normalized spacial score (nSPS) is 22.5. The summed E-state index contributed by atoms with van der Waals surface area (Å²) in [5.41, 5.74) is 0. The van der Waals surface area contributed by atoms with Crippen molar-refractivity contribution in [2.45, 2.75) is 65.5 Å². The Morgan fingerprint density at radius 3 is 2.50 bits per heavy atom. The minimum absolute atomic E-state index is 0.716. The number of nitrogens with zero attached hydrogens (tertiary/aromatic N) is 1. The van der Waals surface area contributed by atoms with E-state index >= 15 is 0 Å². The van der Waals surface area contributed by atoms with Gasteiger partial charge in [-0.1, -0.05) is 26.7 Å². The Balaban J connectivity index is 1.98. The second-order valence-electron chi connectivity index (χ2n) is 5.92. The smallest absolute Gasteiger partial charge is 0.0207 e. The Kier molecular flexibility index (Phi) is 6.37. The molecule has 1 fully saturated rings. The maximum atomic E-state index is 3.70. The minimum atomic E-state index is 0.716. The fraction of sp³-hybridized carbons (Fsp3) is 1.00. The quantitative estimate of drug-likeness (QED) is 0.672. The summed E-state index contributed by atoms with van der Waals surface area (Å²) in [6.45, 7) is 13.0. The zero-order chi connectivity index (χ0) is 12.0.